The second kappa shape index (κ2) is 12.5. The molecule has 0 saturated carbocycles. The monoisotopic (exact) mass is 513 g/mol. The van der Waals surface area contributed by atoms with E-state index in [0.717, 1.165) is 46.8 Å². The van der Waals surface area contributed by atoms with Gasteiger partial charge in [-0.1, -0.05) is 32.6 Å². The lowest BCUT2D eigenvalue weighted by molar-refractivity contribution is 0.0977. The highest BCUT2D eigenvalue weighted by atomic mass is 16.7. The zero-order chi connectivity index (χ0) is 27.1. The first-order valence-electron chi connectivity index (χ1n) is 13.5. The Morgan fingerprint density at radius 3 is 1.95 bits per heavy atom. The zero-order valence-electron chi connectivity index (χ0n) is 22.4. The van der Waals surface area contributed by atoms with Crippen LogP contribution in [0.1, 0.15) is 85.6 Å². The third kappa shape index (κ3) is 5.96. The second-order valence-corrected chi connectivity index (χ2v) is 9.43. The van der Waals surface area contributed by atoms with E-state index in [1.807, 2.05) is 36.4 Å². The van der Waals surface area contributed by atoms with Crippen LogP contribution in [-0.2, 0) is 11.3 Å². The first kappa shape index (κ1) is 27.1. The van der Waals surface area contributed by atoms with Gasteiger partial charge in [0.15, 0.2) is 11.6 Å². The van der Waals surface area contributed by atoms with Crippen LogP contribution in [0.4, 0.5) is 4.79 Å². The molecule has 0 fully saturated rings. The van der Waals surface area contributed by atoms with Gasteiger partial charge in [0, 0.05) is 51.5 Å². The number of nitrogens with zero attached hydrogens (tertiary/aromatic N) is 1. The number of carbonyl (C=O) groups is 3. The van der Waals surface area contributed by atoms with Gasteiger partial charge in [-0.05, 0) is 80.9 Å². The fourth-order valence-electron chi connectivity index (χ4n) is 4.88. The standard InChI is InChI=1S/C32H35NO5/c1-4-7-8-9-10-11-30(34)23-14-18-28-26(20-23)27-21-24(15-19-29(27)33(28)5-2)31(35)22-12-16-25(17-13-22)38-32(36)37-6-3/h12-21H,4-11H2,1-3H3. The summed E-state index contributed by atoms with van der Waals surface area (Å²) in [5.41, 5.74) is 3.84. The molecule has 0 aliphatic heterocycles. The molecule has 38 heavy (non-hydrogen) atoms. The summed E-state index contributed by atoms with van der Waals surface area (Å²) in [4.78, 5) is 37.8. The lowest BCUT2D eigenvalue weighted by atomic mass is 9.99. The number of fused-ring (bicyclic) bond motifs is 3. The number of aryl methyl sites for hydroxylation is 1. The van der Waals surface area contributed by atoms with Crippen LogP contribution < -0.4 is 4.74 Å². The van der Waals surface area contributed by atoms with Crippen LogP contribution in [-0.4, -0.2) is 28.9 Å². The van der Waals surface area contributed by atoms with Crippen molar-refractivity contribution in [2.45, 2.75) is 65.8 Å². The van der Waals surface area contributed by atoms with Crippen molar-refractivity contribution in [3.63, 3.8) is 0 Å². The van der Waals surface area contributed by atoms with E-state index in [9.17, 15) is 14.4 Å². The third-order valence-corrected chi connectivity index (χ3v) is 6.85. The molecule has 0 spiro atoms. The zero-order valence-corrected chi connectivity index (χ0v) is 22.4. The molecule has 1 aromatic heterocycles. The van der Waals surface area contributed by atoms with E-state index < -0.39 is 6.16 Å². The summed E-state index contributed by atoms with van der Waals surface area (Å²) in [6.45, 7) is 6.98. The minimum Gasteiger partial charge on any atom is -0.434 e. The number of carbonyl (C=O) groups excluding carboxylic acids is 3. The van der Waals surface area contributed by atoms with Crippen molar-refractivity contribution in [1.82, 2.24) is 4.57 Å². The maximum absolute atomic E-state index is 13.3. The summed E-state index contributed by atoms with van der Waals surface area (Å²) in [7, 11) is 0. The van der Waals surface area contributed by atoms with E-state index in [1.54, 1.807) is 31.2 Å². The molecule has 4 aromatic rings. The van der Waals surface area contributed by atoms with Gasteiger partial charge in [0.25, 0.3) is 0 Å². The third-order valence-electron chi connectivity index (χ3n) is 6.85. The van der Waals surface area contributed by atoms with E-state index in [2.05, 4.69) is 18.4 Å². The number of Topliss-reactive ketones (excluding diaryl/α,β-unsaturated/α-hetero) is 1. The molecule has 198 valence electrons. The molecule has 3 aromatic carbocycles. The maximum Gasteiger partial charge on any atom is 0.513 e. The van der Waals surface area contributed by atoms with Crippen LogP contribution in [0.25, 0.3) is 21.8 Å². The molecule has 1 heterocycles. The Morgan fingerprint density at radius 1 is 0.711 bits per heavy atom. The van der Waals surface area contributed by atoms with Gasteiger partial charge in [0.1, 0.15) is 5.75 Å². The molecule has 0 amide bonds. The summed E-state index contributed by atoms with van der Waals surface area (Å²) >= 11 is 0. The molecule has 0 N–H and O–H groups in total. The minimum absolute atomic E-state index is 0.133. The molecular weight excluding hydrogens is 478 g/mol. The molecule has 0 radical (unpaired) electrons. The smallest absolute Gasteiger partial charge is 0.434 e. The molecule has 0 bridgehead atoms. The number of aromatic nitrogens is 1. The first-order valence-corrected chi connectivity index (χ1v) is 13.5. The number of benzene rings is 3. The van der Waals surface area contributed by atoms with Crippen LogP contribution in [0.5, 0.6) is 5.75 Å². The number of rotatable bonds is 12. The van der Waals surface area contributed by atoms with Crippen LogP contribution in [0.3, 0.4) is 0 Å². The number of hydrogen-bond acceptors (Lipinski definition) is 5. The predicted octanol–water partition coefficient (Wildman–Crippen LogP) is 8.12. The largest absolute Gasteiger partial charge is 0.513 e. The molecule has 0 saturated heterocycles. The van der Waals surface area contributed by atoms with Crippen LogP contribution in [0, 0.1) is 0 Å². The number of ether oxygens (including phenoxy) is 2. The Hall–Kier alpha value is -3.93. The Labute approximate surface area is 223 Å². The van der Waals surface area contributed by atoms with Gasteiger partial charge in [-0.3, -0.25) is 9.59 Å². The van der Waals surface area contributed by atoms with Crippen molar-refractivity contribution < 1.29 is 23.9 Å². The lowest BCUT2D eigenvalue weighted by Gasteiger charge is -2.06. The van der Waals surface area contributed by atoms with Gasteiger partial charge in [-0.2, -0.15) is 0 Å². The molecule has 4 rings (SSSR count). The van der Waals surface area contributed by atoms with Crippen molar-refractivity contribution >= 4 is 39.5 Å². The quantitative estimate of drug-likeness (QED) is 0.0827. The van der Waals surface area contributed by atoms with Crippen molar-refractivity contribution in [2.24, 2.45) is 0 Å². The van der Waals surface area contributed by atoms with Crippen molar-refractivity contribution in [3.05, 3.63) is 77.4 Å². The van der Waals surface area contributed by atoms with E-state index in [0.29, 0.717) is 23.3 Å². The van der Waals surface area contributed by atoms with Gasteiger partial charge < -0.3 is 14.0 Å². The number of hydrogen-bond donors (Lipinski definition) is 0. The summed E-state index contributed by atoms with van der Waals surface area (Å²) in [5, 5.41) is 1.93. The highest BCUT2D eigenvalue weighted by Gasteiger charge is 2.17. The molecule has 6 nitrogen and oxygen atoms in total. The summed E-state index contributed by atoms with van der Waals surface area (Å²) in [5.74, 6) is 0.341. The van der Waals surface area contributed by atoms with Crippen LogP contribution in [0.2, 0.25) is 0 Å². The molecule has 0 aliphatic rings. The second-order valence-electron chi connectivity index (χ2n) is 9.43. The lowest BCUT2D eigenvalue weighted by Crippen LogP contribution is -2.10. The number of ketones is 2. The highest BCUT2D eigenvalue weighted by molar-refractivity contribution is 6.15. The molecule has 0 aliphatic carbocycles. The van der Waals surface area contributed by atoms with Crippen LogP contribution >= 0.6 is 0 Å². The fourth-order valence-corrected chi connectivity index (χ4v) is 4.88. The molecule has 0 atom stereocenters. The average Bonchev–Trinajstić information content (AvgIpc) is 3.25. The van der Waals surface area contributed by atoms with Gasteiger partial charge in [-0.15, -0.1) is 0 Å². The topological polar surface area (TPSA) is 74.6 Å². The van der Waals surface area contributed by atoms with E-state index in [4.69, 9.17) is 9.47 Å². The number of unbranched alkanes of at least 4 members (excludes halogenated alkanes) is 4. The molecule has 6 heteroatoms. The Balaban J connectivity index is 1.61. The maximum atomic E-state index is 13.3. The van der Waals surface area contributed by atoms with Gasteiger partial charge in [0.05, 0.1) is 6.61 Å². The Morgan fingerprint density at radius 2 is 1.32 bits per heavy atom. The van der Waals surface area contributed by atoms with E-state index >= 15 is 0 Å². The first-order chi connectivity index (χ1) is 18.5. The summed E-state index contributed by atoms with van der Waals surface area (Å²) in [6, 6.07) is 18.1. The van der Waals surface area contributed by atoms with Gasteiger partial charge in [-0.25, -0.2) is 4.79 Å². The van der Waals surface area contributed by atoms with E-state index in [-0.39, 0.29) is 18.2 Å². The molecular formula is C32H35NO5. The normalized spacial score (nSPS) is 11.1. The van der Waals surface area contributed by atoms with Crippen molar-refractivity contribution in [3.8, 4) is 5.75 Å². The summed E-state index contributed by atoms with van der Waals surface area (Å²) in [6.07, 6.45) is 5.34. The average molecular weight is 514 g/mol. The summed E-state index contributed by atoms with van der Waals surface area (Å²) < 4.78 is 12.1. The van der Waals surface area contributed by atoms with Crippen molar-refractivity contribution in [2.75, 3.05) is 6.61 Å². The molecule has 0 unspecified atom stereocenters. The van der Waals surface area contributed by atoms with Crippen molar-refractivity contribution in [1.29, 1.82) is 0 Å². The Kier molecular flexibility index (Phi) is 8.95. The Bertz CT molecular complexity index is 1450. The fraction of sp³-hybridized carbons (Fsp3) is 0.344. The highest BCUT2D eigenvalue weighted by Crippen LogP contribution is 2.32. The van der Waals surface area contributed by atoms with Crippen LogP contribution in [0.15, 0.2) is 60.7 Å². The van der Waals surface area contributed by atoms with Gasteiger partial charge in [0.2, 0.25) is 0 Å². The minimum atomic E-state index is -0.779. The van der Waals surface area contributed by atoms with E-state index in [1.165, 1.54) is 19.3 Å². The SMILES string of the molecule is CCCCCCCC(=O)c1ccc2c(c1)c1cc(C(=O)c3ccc(OC(=O)OCC)cc3)ccc1n2CC. The van der Waals surface area contributed by atoms with Gasteiger partial charge >= 0.3 is 6.16 Å². The predicted molar refractivity (Wildman–Crippen MR) is 150 cm³/mol.